The van der Waals surface area contributed by atoms with Gasteiger partial charge in [-0.15, -0.1) is 0 Å². The van der Waals surface area contributed by atoms with Crippen LogP contribution in [0.3, 0.4) is 0 Å². The number of hydrogen-bond acceptors (Lipinski definition) is 7. The highest BCUT2D eigenvalue weighted by atomic mass is 32.2. The Morgan fingerprint density at radius 3 is 2.52 bits per heavy atom. The van der Waals surface area contributed by atoms with Gasteiger partial charge in [0.05, 0.1) is 19.1 Å². The molecule has 0 radical (unpaired) electrons. The van der Waals surface area contributed by atoms with Crippen LogP contribution in [-0.4, -0.2) is 46.9 Å². The molecule has 0 atom stereocenters. The maximum atomic E-state index is 12.8. The van der Waals surface area contributed by atoms with Gasteiger partial charge in [0.1, 0.15) is 4.32 Å². The second-order valence-corrected chi connectivity index (χ2v) is 8.45. The van der Waals surface area contributed by atoms with E-state index in [9.17, 15) is 14.7 Å². The Kier molecular flexibility index (Phi) is 7.19. The van der Waals surface area contributed by atoms with E-state index in [-0.39, 0.29) is 42.0 Å². The van der Waals surface area contributed by atoms with E-state index in [0.29, 0.717) is 20.5 Å². The summed E-state index contributed by atoms with van der Waals surface area (Å²) in [5.74, 6) is -0.127. The van der Waals surface area contributed by atoms with Crippen molar-refractivity contribution < 1.29 is 24.2 Å². The number of thiocarbonyl (C=S) groups is 1. The van der Waals surface area contributed by atoms with Crippen LogP contribution in [0.1, 0.15) is 17.5 Å². The van der Waals surface area contributed by atoms with Crippen molar-refractivity contribution in [3.8, 4) is 17.2 Å². The zero-order chi connectivity index (χ0) is 22.5. The molecule has 0 saturated carbocycles. The lowest BCUT2D eigenvalue weighted by molar-refractivity contribution is -0.122. The van der Waals surface area contributed by atoms with E-state index < -0.39 is 0 Å². The molecule has 162 valence electrons. The largest absolute Gasteiger partial charge is 0.502 e. The third-order valence-corrected chi connectivity index (χ3v) is 5.92. The van der Waals surface area contributed by atoms with Crippen LogP contribution < -0.4 is 14.8 Å². The van der Waals surface area contributed by atoms with Gasteiger partial charge < -0.3 is 19.9 Å². The number of anilines is 1. The highest BCUT2D eigenvalue weighted by Gasteiger charge is 2.32. The third kappa shape index (κ3) is 5.36. The minimum absolute atomic E-state index is 0.116. The van der Waals surface area contributed by atoms with Gasteiger partial charge >= 0.3 is 0 Å². The number of aromatic hydroxyl groups is 1. The predicted octanol–water partition coefficient (Wildman–Crippen LogP) is 3.95. The number of nitrogens with zero attached hydrogens (tertiary/aromatic N) is 1. The minimum Gasteiger partial charge on any atom is -0.502 e. The SMILES string of the molecule is COc1cc(/C=C2\SC(=S)N(CCC(=O)Nc3cccc(C)c3)C2=O)cc(OC)c1O. The molecule has 1 aliphatic rings. The van der Waals surface area contributed by atoms with Crippen molar-refractivity contribution in [2.75, 3.05) is 26.1 Å². The molecule has 2 amide bonds. The van der Waals surface area contributed by atoms with Crippen molar-refractivity contribution in [1.82, 2.24) is 4.90 Å². The van der Waals surface area contributed by atoms with Gasteiger partial charge in [0.2, 0.25) is 11.7 Å². The standard InChI is InChI=1S/C22H22N2O5S2/c1-13-5-4-6-15(9-13)23-19(25)7-8-24-21(27)18(31-22(24)30)12-14-10-16(28-2)20(26)17(11-14)29-3/h4-6,9-12,26H,7-8H2,1-3H3,(H,23,25)/b18-12-. The number of thioether (sulfide) groups is 1. The molecule has 0 unspecified atom stereocenters. The van der Waals surface area contributed by atoms with E-state index in [1.54, 1.807) is 18.2 Å². The van der Waals surface area contributed by atoms with E-state index in [1.807, 2.05) is 31.2 Å². The van der Waals surface area contributed by atoms with Crippen LogP contribution in [0.4, 0.5) is 5.69 Å². The number of rotatable bonds is 7. The average Bonchev–Trinajstić information content (AvgIpc) is 3.00. The first-order valence-corrected chi connectivity index (χ1v) is 10.6. The second kappa shape index (κ2) is 9.84. The molecular weight excluding hydrogens is 436 g/mol. The van der Waals surface area contributed by atoms with Crippen LogP contribution in [0.2, 0.25) is 0 Å². The molecule has 1 fully saturated rings. The summed E-state index contributed by atoms with van der Waals surface area (Å²) in [5.41, 5.74) is 2.37. The number of carbonyl (C=O) groups is 2. The second-order valence-electron chi connectivity index (χ2n) is 6.78. The normalized spacial score (nSPS) is 14.8. The molecule has 0 bridgehead atoms. The first-order valence-electron chi connectivity index (χ1n) is 9.39. The Morgan fingerprint density at radius 1 is 1.23 bits per heavy atom. The zero-order valence-electron chi connectivity index (χ0n) is 17.3. The van der Waals surface area contributed by atoms with Crippen LogP contribution in [0, 0.1) is 6.92 Å². The van der Waals surface area contributed by atoms with Gasteiger partial charge in [-0.05, 0) is 48.4 Å². The first kappa shape index (κ1) is 22.6. The number of methoxy groups -OCH3 is 2. The molecule has 2 aromatic rings. The van der Waals surface area contributed by atoms with E-state index in [4.69, 9.17) is 21.7 Å². The van der Waals surface area contributed by atoms with Gasteiger partial charge in [0, 0.05) is 18.7 Å². The Morgan fingerprint density at radius 2 is 1.90 bits per heavy atom. The maximum absolute atomic E-state index is 12.8. The lowest BCUT2D eigenvalue weighted by Crippen LogP contribution is -2.31. The molecule has 7 nitrogen and oxygen atoms in total. The smallest absolute Gasteiger partial charge is 0.266 e. The summed E-state index contributed by atoms with van der Waals surface area (Å²) in [5, 5.41) is 12.9. The summed E-state index contributed by atoms with van der Waals surface area (Å²) in [4.78, 5) is 26.9. The van der Waals surface area contributed by atoms with Crippen LogP contribution in [0.5, 0.6) is 17.2 Å². The van der Waals surface area contributed by atoms with Crippen molar-refractivity contribution in [2.24, 2.45) is 0 Å². The van der Waals surface area contributed by atoms with Crippen molar-refractivity contribution >= 4 is 51.9 Å². The monoisotopic (exact) mass is 458 g/mol. The van der Waals surface area contributed by atoms with E-state index in [2.05, 4.69) is 5.32 Å². The van der Waals surface area contributed by atoms with Crippen LogP contribution >= 0.6 is 24.0 Å². The molecule has 9 heteroatoms. The Labute approximate surface area is 190 Å². The highest BCUT2D eigenvalue weighted by Crippen LogP contribution is 2.39. The number of aryl methyl sites for hydroxylation is 1. The van der Waals surface area contributed by atoms with Gasteiger partial charge in [0.25, 0.3) is 5.91 Å². The Hall–Kier alpha value is -3.04. The fourth-order valence-electron chi connectivity index (χ4n) is 3.00. The lowest BCUT2D eigenvalue weighted by atomic mass is 10.1. The lowest BCUT2D eigenvalue weighted by Gasteiger charge is -2.14. The van der Waals surface area contributed by atoms with Gasteiger partial charge in [-0.2, -0.15) is 0 Å². The summed E-state index contributed by atoms with van der Waals surface area (Å²) in [6.07, 6.45) is 1.77. The maximum Gasteiger partial charge on any atom is 0.266 e. The molecule has 0 aliphatic carbocycles. The number of phenolic OH excluding ortho intramolecular Hbond substituents is 1. The van der Waals surface area contributed by atoms with E-state index in [1.165, 1.54) is 19.1 Å². The minimum atomic E-state index is -0.274. The molecule has 2 aromatic carbocycles. The molecular formula is C22H22N2O5S2. The molecule has 1 saturated heterocycles. The quantitative estimate of drug-likeness (QED) is 0.480. The van der Waals surface area contributed by atoms with Crippen LogP contribution in [0.25, 0.3) is 6.08 Å². The number of carbonyl (C=O) groups excluding carboxylic acids is 2. The topological polar surface area (TPSA) is 88.1 Å². The van der Waals surface area contributed by atoms with Gasteiger partial charge in [-0.3, -0.25) is 14.5 Å². The summed E-state index contributed by atoms with van der Waals surface area (Å²) in [6.45, 7) is 2.13. The number of amides is 2. The van der Waals surface area contributed by atoms with Crippen molar-refractivity contribution in [2.45, 2.75) is 13.3 Å². The highest BCUT2D eigenvalue weighted by molar-refractivity contribution is 8.26. The summed E-state index contributed by atoms with van der Waals surface area (Å²) in [7, 11) is 2.86. The van der Waals surface area contributed by atoms with Crippen molar-refractivity contribution in [3.63, 3.8) is 0 Å². The molecule has 0 aromatic heterocycles. The van der Waals surface area contributed by atoms with E-state index >= 15 is 0 Å². The van der Waals surface area contributed by atoms with E-state index in [0.717, 1.165) is 17.3 Å². The van der Waals surface area contributed by atoms with Crippen LogP contribution in [0.15, 0.2) is 41.3 Å². The fraction of sp³-hybridized carbons (Fsp3) is 0.227. The number of ether oxygens (including phenoxy) is 2. The summed E-state index contributed by atoms with van der Waals surface area (Å²) in [6, 6.07) is 10.7. The number of nitrogens with one attached hydrogen (secondary N) is 1. The molecule has 0 spiro atoms. The van der Waals surface area contributed by atoms with Gasteiger partial charge in [-0.1, -0.05) is 36.1 Å². The number of phenols is 1. The first-order chi connectivity index (χ1) is 14.8. The van der Waals surface area contributed by atoms with Crippen LogP contribution in [-0.2, 0) is 9.59 Å². The summed E-state index contributed by atoms with van der Waals surface area (Å²) >= 11 is 6.49. The zero-order valence-corrected chi connectivity index (χ0v) is 18.9. The summed E-state index contributed by atoms with van der Waals surface area (Å²) < 4.78 is 10.7. The number of benzene rings is 2. The molecule has 1 heterocycles. The third-order valence-electron chi connectivity index (χ3n) is 4.54. The predicted molar refractivity (Wildman–Crippen MR) is 126 cm³/mol. The molecule has 3 rings (SSSR count). The van der Waals surface area contributed by atoms with Crippen molar-refractivity contribution in [3.05, 3.63) is 52.4 Å². The number of hydrogen-bond donors (Lipinski definition) is 2. The molecule has 2 N–H and O–H groups in total. The molecule has 31 heavy (non-hydrogen) atoms. The van der Waals surface area contributed by atoms with Crippen molar-refractivity contribution in [1.29, 1.82) is 0 Å². The Bertz CT molecular complexity index is 1040. The average molecular weight is 459 g/mol. The molecule has 1 aliphatic heterocycles. The fourth-order valence-corrected chi connectivity index (χ4v) is 4.31. The Balaban J connectivity index is 1.69. The van der Waals surface area contributed by atoms with Gasteiger partial charge in [0.15, 0.2) is 11.5 Å². The van der Waals surface area contributed by atoms with Gasteiger partial charge in [-0.25, -0.2) is 0 Å².